The molecule has 0 unspecified atom stereocenters. The predicted octanol–water partition coefficient (Wildman–Crippen LogP) is -3.74. The number of unbranched alkanes of at least 4 members (excludes halogenated alkanes) is 1. The van der Waals surface area contributed by atoms with Crippen LogP contribution in [0, 0.1) is 22.7 Å². The number of aromatic nitrogens is 2. The number of fused-ring (bicyclic) bond motifs is 2. The van der Waals surface area contributed by atoms with Crippen LogP contribution in [0.3, 0.4) is 0 Å². The number of aliphatic hydroxyl groups is 2. The number of aromatic hydroxyl groups is 1. The minimum absolute atomic E-state index is 0.00399. The normalized spacial score (nSPS) is 15.5. The van der Waals surface area contributed by atoms with Gasteiger partial charge in [0, 0.05) is 85.3 Å². The lowest BCUT2D eigenvalue weighted by Gasteiger charge is -2.33. The zero-order chi connectivity index (χ0) is 96.7. The highest BCUT2D eigenvalue weighted by Crippen LogP contribution is 2.26. The summed E-state index contributed by atoms with van der Waals surface area (Å²) < 4.78 is 0. The number of aliphatic carboxylic acids is 1. The van der Waals surface area contributed by atoms with Crippen molar-refractivity contribution in [2.24, 2.45) is 34.8 Å². The molecule has 31 N–H and O–H groups in total. The van der Waals surface area contributed by atoms with Crippen molar-refractivity contribution in [3.63, 3.8) is 0 Å². The number of carbonyl (C=O) groups excluding carboxylic acids is 14. The fraction of sp³-hybridized carbons (Fsp3) is 0.489. The highest BCUT2D eigenvalue weighted by atomic mass is 32.1. The van der Waals surface area contributed by atoms with Crippen LogP contribution >= 0.6 is 12.6 Å². The molecule has 3 heterocycles. The summed E-state index contributed by atoms with van der Waals surface area (Å²) in [6.45, 7) is 3.72. The summed E-state index contributed by atoms with van der Waals surface area (Å²) in [5.74, 6) is -16.2. The topological polar surface area (TPSA) is 704 Å². The first kappa shape index (κ1) is 106. The summed E-state index contributed by atoms with van der Waals surface area (Å²) in [4.78, 5) is 221. The molecule has 0 radical (unpaired) electrons. The Kier molecular flexibility index (Phi) is 42.9. The smallest absolute Gasteiger partial charge is 0.326 e. The van der Waals surface area contributed by atoms with Crippen molar-refractivity contribution in [1.29, 1.82) is 10.8 Å². The third-order valence-electron chi connectivity index (χ3n) is 22.6. The molecule has 132 heavy (non-hydrogen) atoms. The van der Waals surface area contributed by atoms with Crippen LogP contribution in [0.2, 0.25) is 0 Å². The van der Waals surface area contributed by atoms with Gasteiger partial charge in [0.2, 0.25) is 82.7 Å². The molecule has 43 nitrogen and oxygen atoms in total. The Morgan fingerprint density at radius 3 is 1.40 bits per heavy atom. The van der Waals surface area contributed by atoms with Crippen molar-refractivity contribution in [1.82, 2.24) is 94.6 Å². The molecule has 44 heteroatoms. The lowest BCUT2D eigenvalue weighted by Crippen LogP contribution is -2.62. The summed E-state index contributed by atoms with van der Waals surface area (Å²) in [5, 5.41) is 97.0. The zero-order valence-corrected chi connectivity index (χ0v) is 75.1. The van der Waals surface area contributed by atoms with E-state index in [1.165, 1.54) is 29.2 Å². The second-order valence-electron chi connectivity index (χ2n) is 32.5. The quantitative estimate of drug-likeness (QED) is 0.00755. The zero-order valence-electron chi connectivity index (χ0n) is 74.2. The van der Waals surface area contributed by atoms with E-state index in [0.717, 1.165) is 0 Å². The van der Waals surface area contributed by atoms with Gasteiger partial charge in [-0.1, -0.05) is 119 Å². The van der Waals surface area contributed by atoms with E-state index >= 15 is 19.2 Å². The van der Waals surface area contributed by atoms with Crippen molar-refractivity contribution in [2.45, 2.75) is 203 Å². The van der Waals surface area contributed by atoms with Crippen molar-refractivity contribution in [2.75, 3.05) is 58.2 Å². The summed E-state index contributed by atoms with van der Waals surface area (Å²) in [6.07, 6.45) is 3.73. The van der Waals surface area contributed by atoms with Crippen LogP contribution in [0.15, 0.2) is 116 Å². The first-order valence-electron chi connectivity index (χ1n) is 43.9. The average Bonchev–Trinajstić information content (AvgIpc) is 1.57. The molecule has 1 saturated heterocycles. The summed E-state index contributed by atoms with van der Waals surface area (Å²) >= 11 is 3.98. The molecule has 14 amide bonds. The first-order chi connectivity index (χ1) is 63.1. The fourth-order valence-corrected chi connectivity index (χ4v) is 14.9. The van der Waals surface area contributed by atoms with E-state index in [2.05, 4.69) is 102 Å². The Balaban J connectivity index is 1.10. The van der Waals surface area contributed by atoms with Crippen molar-refractivity contribution in [3.8, 4) is 5.75 Å². The van der Waals surface area contributed by atoms with Crippen LogP contribution in [-0.2, 0) is 97.6 Å². The fourth-order valence-electron chi connectivity index (χ4n) is 14.7. The molecular weight excluding hydrogens is 1730 g/mol. The molecule has 718 valence electrons. The van der Waals surface area contributed by atoms with E-state index in [1.54, 1.807) is 119 Å². The molecule has 2 aromatic heterocycles. The van der Waals surface area contributed by atoms with Gasteiger partial charge in [-0.25, -0.2) is 4.79 Å². The van der Waals surface area contributed by atoms with Crippen LogP contribution in [0.4, 0.5) is 0 Å². The third-order valence-corrected chi connectivity index (χ3v) is 23.0. The van der Waals surface area contributed by atoms with E-state index in [1.807, 2.05) is 0 Å². The van der Waals surface area contributed by atoms with Crippen molar-refractivity contribution >= 4 is 135 Å². The number of benzene rings is 4. The van der Waals surface area contributed by atoms with Crippen molar-refractivity contribution in [3.05, 3.63) is 138 Å². The number of phenols is 1. The van der Waals surface area contributed by atoms with Gasteiger partial charge in [-0.2, -0.15) is 12.6 Å². The Morgan fingerprint density at radius 2 is 0.886 bits per heavy atom. The Hall–Kier alpha value is -13.5. The summed E-state index contributed by atoms with van der Waals surface area (Å²) in [5.41, 5.74) is 26.0. The lowest BCUT2D eigenvalue weighted by molar-refractivity contribution is -0.143. The number of phenolic OH excluding ortho intramolecular Hbond substituents is 1. The number of aliphatic hydroxyl groups excluding tert-OH is 2. The minimum atomic E-state index is -1.90. The number of thiol groups is 1. The number of guanidine groups is 2. The number of nitrogens with two attached hydrogens (primary N) is 4. The second-order valence-corrected chi connectivity index (χ2v) is 32.8. The van der Waals surface area contributed by atoms with E-state index in [0.29, 0.717) is 56.9 Å². The molecule has 0 saturated carbocycles. The number of hydrogen-bond donors (Lipinski definition) is 28. The van der Waals surface area contributed by atoms with Gasteiger partial charge in [-0.15, -0.1) is 0 Å². The number of nitrogens with one attached hydrogen (secondary N) is 19. The van der Waals surface area contributed by atoms with Crippen LogP contribution in [-0.4, -0.2) is 273 Å². The van der Waals surface area contributed by atoms with Crippen LogP contribution in [0.1, 0.15) is 121 Å². The van der Waals surface area contributed by atoms with Gasteiger partial charge in [-0.05, 0) is 123 Å². The van der Waals surface area contributed by atoms with Gasteiger partial charge in [0.1, 0.15) is 78.3 Å². The van der Waals surface area contributed by atoms with Crippen LogP contribution in [0.25, 0.3) is 21.8 Å². The van der Waals surface area contributed by atoms with E-state index in [9.17, 15) is 73.2 Å². The molecule has 1 aliphatic heterocycles. The number of hydrogen-bond acceptors (Lipinski definition) is 23. The van der Waals surface area contributed by atoms with Crippen molar-refractivity contribution < 1.29 is 92.3 Å². The Bertz CT molecular complexity index is 4950. The maximum Gasteiger partial charge on any atom is 0.326 e. The number of carbonyl (C=O) groups is 15. The predicted molar refractivity (Wildman–Crippen MR) is 492 cm³/mol. The summed E-state index contributed by atoms with van der Waals surface area (Å²) in [6, 6.07) is 8.91. The van der Waals surface area contributed by atoms with E-state index in [-0.39, 0.29) is 127 Å². The number of amides is 14. The number of H-pyrrole nitrogens is 2. The van der Waals surface area contributed by atoms with Gasteiger partial charge in [0.15, 0.2) is 11.9 Å². The first-order valence-corrected chi connectivity index (χ1v) is 44.5. The molecular formula is C88H126N24O19S. The third kappa shape index (κ3) is 32.9. The lowest BCUT2D eigenvalue weighted by atomic mass is 9.95. The number of carboxylic acid groups (broad SMARTS) is 1. The number of nitrogens with zero attached hydrogens (tertiary/aromatic N) is 1. The molecule has 7 rings (SSSR count). The molecule has 1 fully saturated rings. The molecule has 15 atom stereocenters. The average molecular weight is 1860 g/mol. The molecule has 6 aromatic rings. The maximum atomic E-state index is 15.5. The highest BCUT2D eigenvalue weighted by Gasteiger charge is 2.43. The standard InChI is InChI=1S/C88H126N24O19S/c1-5-48(3)72(110-77(121)62(27-17-35-96-88(93)94)102-75(119)60(25-14-15-33-89)101-71(117)44-99-70(116)43-100-74(118)57(90)47-132)84(128)106-65(40-53-42-98-59-24-13-11-22-56(53)59)78(122)104-63(37-50-19-8-7-9-20-50)80(124)111-73(49(4)6-2)85(129)112-36-18-28-69(112)83(127)103-61(26-16-34-95-87(91)92)76(120)108-68(46-114)82(126)109-67(45-113)81(125)105-64(39-52-41-97-58-23-12-10-21-55(52)58)79(123)107-66(86(130)131)38-51-29-31-54(115)32-30-51/h7-13,19-24,29-32,41-42,48-49,57,60-69,72-73,97-98,113-115,132H,5-6,14-18,25-28,33-40,43-47,89-90H2,1-4H3,(H,99,116)(H,100,118)(H,101,117)(H,102,119)(H,103,127)(H,104,122)(H,105,125)(H,106,128)(H,107,123)(H,108,120)(H,109,126)(H,110,121)(H,111,124)(H,130,131)(H4,91,92,95)(H4,93,94,96)/t48-,49-,57-,60-,61-,62-,63-,64-,65-,66-,67-,68-,69-,72-,73-/m0/s1. The Labute approximate surface area is 768 Å². The van der Waals surface area contributed by atoms with Crippen LogP contribution < -0.4 is 103 Å². The molecule has 0 spiro atoms. The highest BCUT2D eigenvalue weighted by molar-refractivity contribution is 7.80. The number of para-hydroxylation sites is 2. The van der Waals surface area contributed by atoms with Crippen LogP contribution in [0.5, 0.6) is 5.75 Å². The number of aromatic amines is 2. The van der Waals surface area contributed by atoms with E-state index < -0.39 is 211 Å². The molecule has 4 aromatic carbocycles. The molecule has 0 bridgehead atoms. The Morgan fingerprint density at radius 1 is 0.470 bits per heavy atom. The monoisotopic (exact) mass is 1850 g/mol. The number of rotatable bonds is 55. The van der Waals surface area contributed by atoms with Gasteiger partial charge < -0.3 is 138 Å². The minimum Gasteiger partial charge on any atom is -0.508 e. The largest absolute Gasteiger partial charge is 0.508 e. The maximum absolute atomic E-state index is 15.5. The molecule has 1 aliphatic rings. The second kappa shape index (κ2) is 53.6. The van der Waals surface area contributed by atoms with Gasteiger partial charge in [0.05, 0.1) is 32.3 Å². The van der Waals surface area contributed by atoms with Gasteiger partial charge in [0.25, 0.3) is 0 Å². The van der Waals surface area contributed by atoms with Gasteiger partial charge >= 0.3 is 5.97 Å². The van der Waals surface area contributed by atoms with E-state index in [4.69, 9.17) is 33.8 Å². The molecule has 0 aliphatic carbocycles. The summed E-state index contributed by atoms with van der Waals surface area (Å²) in [7, 11) is 0. The number of carboxylic acids is 1. The SMILES string of the molecule is CC[C@H](C)[C@H](NC(=O)[C@H](CCCNC(=N)N)NC(=O)[C@H](CCCCN)NC(=O)CNC(=O)CNC(=O)[C@@H](N)CS)C(=O)N[C@@H](Cc1c[nH]c2ccccc12)C(=O)N[C@@H](Cc1ccccc1)C(=O)N[C@H](C(=O)N1CCC[C@H]1C(=O)N[C@@H](CCCNC(=N)N)C(=O)N[C@@H](CO)C(=O)N[C@@H](CO)C(=O)N[C@@H](Cc1c[nH]c2ccccc12)C(=O)N[C@@H](Cc1ccc(O)cc1)C(=O)O)[C@@H](C)CC. The van der Waals surface area contributed by atoms with Gasteiger partial charge in [-0.3, -0.25) is 77.9 Å². The number of likely N-dealkylation sites (tertiary alicyclic amines) is 1.